The van der Waals surface area contributed by atoms with Crippen molar-refractivity contribution in [3.05, 3.63) is 40.0 Å². The Morgan fingerprint density at radius 1 is 1.44 bits per heavy atom. The number of nitrogens with zero attached hydrogens (tertiary/aromatic N) is 2. The molecule has 0 radical (unpaired) electrons. The minimum absolute atomic E-state index is 0.00796. The molecule has 1 aromatic carbocycles. The van der Waals surface area contributed by atoms with Crippen molar-refractivity contribution >= 4 is 39.0 Å². The highest BCUT2D eigenvalue weighted by molar-refractivity contribution is 9.10. The largest absolute Gasteiger partial charge is 0.495 e. The van der Waals surface area contributed by atoms with Crippen molar-refractivity contribution in [2.75, 3.05) is 12.4 Å². The third-order valence-corrected chi connectivity index (χ3v) is 2.80. The average molecular weight is 333 g/mol. The van der Waals surface area contributed by atoms with Gasteiger partial charge < -0.3 is 10.1 Å². The molecule has 2 aromatic rings. The number of hydrogen-bond acceptors (Lipinski definition) is 4. The summed E-state index contributed by atoms with van der Waals surface area (Å²) in [5.41, 5.74) is 0.570. The van der Waals surface area contributed by atoms with Gasteiger partial charge in [-0.25, -0.2) is 9.37 Å². The number of halogens is 3. The molecule has 7 heteroatoms. The number of methoxy groups -OCH3 is 1. The Morgan fingerprint density at radius 2 is 2.22 bits per heavy atom. The molecule has 1 heterocycles. The molecule has 94 valence electrons. The van der Waals surface area contributed by atoms with E-state index in [4.69, 9.17) is 16.3 Å². The summed E-state index contributed by atoms with van der Waals surface area (Å²) in [5, 5.41) is 2.77. The maximum absolute atomic E-state index is 13.5. The molecule has 1 aromatic heterocycles. The van der Waals surface area contributed by atoms with Gasteiger partial charge in [-0.3, -0.25) is 0 Å². The summed E-state index contributed by atoms with van der Waals surface area (Å²) in [7, 11) is 1.53. The van der Waals surface area contributed by atoms with E-state index in [-0.39, 0.29) is 11.1 Å². The van der Waals surface area contributed by atoms with E-state index in [1.165, 1.54) is 7.11 Å². The second kappa shape index (κ2) is 5.49. The predicted octanol–water partition coefficient (Wildman–Crippen LogP) is 3.78. The summed E-state index contributed by atoms with van der Waals surface area (Å²) < 4.78 is 19.5. The zero-order valence-corrected chi connectivity index (χ0v) is 11.6. The number of anilines is 2. The smallest absolute Gasteiger partial charge is 0.224 e. The van der Waals surface area contributed by atoms with Crippen molar-refractivity contribution in [1.82, 2.24) is 9.97 Å². The Labute approximate surface area is 116 Å². The summed E-state index contributed by atoms with van der Waals surface area (Å²) in [4.78, 5) is 7.31. The normalized spacial score (nSPS) is 10.2. The van der Waals surface area contributed by atoms with Crippen LogP contribution in [0.3, 0.4) is 0 Å². The van der Waals surface area contributed by atoms with E-state index >= 15 is 0 Å². The fourth-order valence-corrected chi connectivity index (χ4v) is 1.83. The van der Waals surface area contributed by atoms with Gasteiger partial charge >= 0.3 is 0 Å². The van der Waals surface area contributed by atoms with Crippen LogP contribution >= 0.6 is 27.5 Å². The minimum Gasteiger partial charge on any atom is -0.495 e. The molecule has 0 saturated heterocycles. The summed E-state index contributed by atoms with van der Waals surface area (Å²) in [6.45, 7) is 0. The third kappa shape index (κ3) is 2.88. The van der Waals surface area contributed by atoms with Gasteiger partial charge in [-0.05, 0) is 29.8 Å². The Hall–Kier alpha value is -1.40. The van der Waals surface area contributed by atoms with Crippen molar-refractivity contribution in [3.63, 3.8) is 0 Å². The molecule has 0 aliphatic carbocycles. The molecule has 2 rings (SSSR count). The molecule has 0 atom stereocenters. The van der Waals surface area contributed by atoms with Gasteiger partial charge in [0.25, 0.3) is 0 Å². The van der Waals surface area contributed by atoms with Gasteiger partial charge in [-0.15, -0.1) is 0 Å². The van der Waals surface area contributed by atoms with Crippen LogP contribution in [0.4, 0.5) is 15.9 Å². The molecule has 1 N–H and O–H groups in total. The zero-order valence-electron chi connectivity index (χ0n) is 9.25. The number of aromatic nitrogens is 2. The average Bonchev–Trinajstić information content (AvgIpc) is 2.34. The number of ether oxygens (including phenoxy) is 1. The van der Waals surface area contributed by atoms with Crippen molar-refractivity contribution in [1.29, 1.82) is 0 Å². The van der Waals surface area contributed by atoms with E-state index in [1.807, 2.05) is 6.07 Å². The molecule has 0 unspecified atom stereocenters. The fraction of sp³-hybridized carbons (Fsp3) is 0.0909. The first-order valence-electron chi connectivity index (χ1n) is 4.89. The third-order valence-electron chi connectivity index (χ3n) is 2.13. The fourth-order valence-electron chi connectivity index (χ4n) is 1.34. The van der Waals surface area contributed by atoms with Gasteiger partial charge in [0, 0.05) is 4.47 Å². The Balaban J connectivity index is 2.38. The van der Waals surface area contributed by atoms with Crippen LogP contribution in [0.15, 0.2) is 28.9 Å². The lowest BCUT2D eigenvalue weighted by atomic mass is 10.3. The maximum Gasteiger partial charge on any atom is 0.224 e. The van der Waals surface area contributed by atoms with Gasteiger partial charge in [0.2, 0.25) is 5.28 Å². The molecule has 0 aliphatic rings. The van der Waals surface area contributed by atoms with Crippen LogP contribution in [-0.2, 0) is 0 Å². The lowest BCUT2D eigenvalue weighted by Gasteiger charge is -2.11. The number of rotatable bonds is 3. The van der Waals surface area contributed by atoms with Crippen molar-refractivity contribution in [2.45, 2.75) is 0 Å². The quantitative estimate of drug-likeness (QED) is 0.869. The Bertz CT molecular complexity index is 582. The first-order valence-corrected chi connectivity index (χ1v) is 6.06. The number of benzene rings is 1. The Kier molecular flexibility index (Phi) is 3.98. The van der Waals surface area contributed by atoms with Gasteiger partial charge in [0.05, 0.1) is 19.0 Å². The molecule has 0 fully saturated rings. The predicted molar refractivity (Wildman–Crippen MR) is 71.0 cm³/mol. The van der Waals surface area contributed by atoms with Crippen LogP contribution in [0.5, 0.6) is 5.75 Å². The zero-order chi connectivity index (χ0) is 13.1. The van der Waals surface area contributed by atoms with Gasteiger partial charge in [0.15, 0.2) is 11.6 Å². The van der Waals surface area contributed by atoms with E-state index in [0.717, 1.165) is 10.7 Å². The summed E-state index contributed by atoms with van der Waals surface area (Å²) >= 11 is 8.94. The second-order valence-corrected chi connectivity index (χ2v) is 4.56. The number of hydrogen-bond donors (Lipinski definition) is 1. The molecule has 0 amide bonds. The SMILES string of the molecule is COc1ccc(Br)cc1Nc1nc(Cl)ncc1F. The minimum atomic E-state index is -0.596. The standard InChI is InChI=1S/C11H8BrClFN3O/c1-18-9-3-2-6(12)4-8(9)16-10-7(14)5-15-11(13)17-10/h2-5H,1H3,(H,15,16,17). The molecule has 18 heavy (non-hydrogen) atoms. The highest BCUT2D eigenvalue weighted by Gasteiger charge is 2.10. The first-order chi connectivity index (χ1) is 8.60. The highest BCUT2D eigenvalue weighted by atomic mass is 79.9. The second-order valence-electron chi connectivity index (χ2n) is 3.31. The topological polar surface area (TPSA) is 47.0 Å². The van der Waals surface area contributed by atoms with Crippen molar-refractivity contribution in [2.24, 2.45) is 0 Å². The molecular weight excluding hydrogens is 324 g/mol. The maximum atomic E-state index is 13.5. The lowest BCUT2D eigenvalue weighted by molar-refractivity contribution is 0.416. The summed E-state index contributed by atoms with van der Waals surface area (Å²) in [5.74, 6) is -0.0415. The van der Waals surface area contributed by atoms with Crippen molar-refractivity contribution in [3.8, 4) is 5.75 Å². The van der Waals surface area contributed by atoms with E-state index in [1.54, 1.807) is 12.1 Å². The summed E-state index contributed by atoms with van der Waals surface area (Å²) in [6.07, 6.45) is 1.00. The molecule has 0 spiro atoms. The van der Waals surface area contributed by atoms with Crippen LogP contribution in [0.1, 0.15) is 0 Å². The lowest BCUT2D eigenvalue weighted by Crippen LogP contribution is -2.00. The van der Waals surface area contributed by atoms with Crippen LogP contribution in [-0.4, -0.2) is 17.1 Å². The summed E-state index contributed by atoms with van der Waals surface area (Å²) in [6, 6.07) is 5.30. The van der Waals surface area contributed by atoms with Crippen LogP contribution in [0.2, 0.25) is 5.28 Å². The van der Waals surface area contributed by atoms with Crippen LogP contribution < -0.4 is 10.1 Å². The Morgan fingerprint density at radius 3 is 2.94 bits per heavy atom. The van der Waals surface area contributed by atoms with Gasteiger partial charge in [-0.1, -0.05) is 15.9 Å². The van der Waals surface area contributed by atoms with E-state index < -0.39 is 5.82 Å². The van der Waals surface area contributed by atoms with Crippen LogP contribution in [0.25, 0.3) is 0 Å². The van der Waals surface area contributed by atoms with Gasteiger partial charge in [0.1, 0.15) is 5.75 Å². The van der Waals surface area contributed by atoms with Crippen LogP contribution in [0, 0.1) is 5.82 Å². The van der Waals surface area contributed by atoms with Gasteiger partial charge in [-0.2, -0.15) is 4.98 Å². The first kappa shape index (κ1) is 13.0. The molecule has 4 nitrogen and oxygen atoms in total. The number of nitrogens with one attached hydrogen (secondary N) is 1. The molecule has 0 aliphatic heterocycles. The molecule has 0 saturated carbocycles. The monoisotopic (exact) mass is 331 g/mol. The molecular formula is C11H8BrClFN3O. The van der Waals surface area contributed by atoms with E-state index in [0.29, 0.717) is 11.4 Å². The highest BCUT2D eigenvalue weighted by Crippen LogP contribution is 2.30. The molecule has 0 bridgehead atoms. The van der Waals surface area contributed by atoms with Crippen molar-refractivity contribution < 1.29 is 9.13 Å². The van der Waals surface area contributed by atoms with E-state index in [9.17, 15) is 4.39 Å². The van der Waals surface area contributed by atoms with E-state index in [2.05, 4.69) is 31.2 Å².